The lowest BCUT2D eigenvalue weighted by Crippen LogP contribution is -2.51. The third-order valence-electron chi connectivity index (χ3n) is 7.93. The molecule has 2 fully saturated rings. The van der Waals surface area contributed by atoms with Crippen LogP contribution in [0.3, 0.4) is 0 Å². The molecule has 1 aliphatic heterocycles. The molecule has 1 heterocycles. The summed E-state index contributed by atoms with van der Waals surface area (Å²) in [5.41, 5.74) is 0.688. The summed E-state index contributed by atoms with van der Waals surface area (Å²) in [5, 5.41) is 6.76. The molecule has 5 nitrogen and oxygen atoms in total. The van der Waals surface area contributed by atoms with Crippen molar-refractivity contribution in [3.05, 3.63) is 34.6 Å². The molecule has 35 heavy (non-hydrogen) atoms. The molecule has 198 valence electrons. The zero-order valence-electron chi connectivity index (χ0n) is 21.7. The van der Waals surface area contributed by atoms with E-state index < -0.39 is 0 Å². The molecule has 0 bridgehead atoms. The van der Waals surface area contributed by atoms with Crippen LogP contribution in [-0.2, 0) is 4.74 Å². The fraction of sp³-hybridized carbons (Fsp3) is 0.750. The van der Waals surface area contributed by atoms with Gasteiger partial charge in [0, 0.05) is 39.4 Å². The SMILES string of the molecule is CNCC(CC1CCCCC1)NC(=O)N1CCCC(C(CCCCOC)c2cccc(Cl)c2F)C1. The van der Waals surface area contributed by atoms with E-state index in [2.05, 4.69) is 10.6 Å². The van der Waals surface area contributed by atoms with Crippen molar-refractivity contribution in [1.82, 2.24) is 15.5 Å². The largest absolute Gasteiger partial charge is 0.385 e. The van der Waals surface area contributed by atoms with E-state index in [9.17, 15) is 4.79 Å². The molecule has 1 saturated heterocycles. The summed E-state index contributed by atoms with van der Waals surface area (Å²) in [6, 6.07) is 5.48. The number of piperidine rings is 1. The van der Waals surface area contributed by atoms with E-state index in [4.69, 9.17) is 16.3 Å². The van der Waals surface area contributed by atoms with Crippen molar-refractivity contribution in [3.8, 4) is 0 Å². The topological polar surface area (TPSA) is 53.6 Å². The van der Waals surface area contributed by atoms with Crippen molar-refractivity contribution in [2.45, 2.75) is 82.6 Å². The molecule has 1 aromatic carbocycles. The number of halogens is 2. The summed E-state index contributed by atoms with van der Waals surface area (Å²) < 4.78 is 20.3. The van der Waals surface area contributed by atoms with Gasteiger partial charge in [-0.2, -0.15) is 0 Å². The maximum absolute atomic E-state index is 15.1. The number of urea groups is 1. The number of carbonyl (C=O) groups is 1. The first kappa shape index (κ1) is 28.2. The first-order valence-electron chi connectivity index (χ1n) is 13.7. The normalized spacial score (nSPS) is 21.0. The van der Waals surface area contributed by atoms with Crippen molar-refractivity contribution in [3.63, 3.8) is 0 Å². The van der Waals surface area contributed by atoms with Crippen LogP contribution in [-0.4, -0.2) is 57.4 Å². The lowest BCUT2D eigenvalue weighted by atomic mass is 9.78. The summed E-state index contributed by atoms with van der Waals surface area (Å²) in [6.45, 7) is 2.90. The lowest BCUT2D eigenvalue weighted by molar-refractivity contribution is 0.146. The Kier molecular flexibility index (Phi) is 12.1. The van der Waals surface area contributed by atoms with Gasteiger partial charge in [0.1, 0.15) is 5.82 Å². The monoisotopic (exact) mass is 509 g/mol. The Bertz CT molecular complexity index is 775. The van der Waals surface area contributed by atoms with Crippen LogP contribution < -0.4 is 10.6 Å². The number of rotatable bonds is 12. The van der Waals surface area contributed by atoms with Gasteiger partial charge in [-0.3, -0.25) is 0 Å². The van der Waals surface area contributed by atoms with E-state index in [-0.39, 0.29) is 34.7 Å². The number of likely N-dealkylation sites (tertiary alicyclic amines) is 1. The van der Waals surface area contributed by atoms with Crippen LogP contribution >= 0.6 is 11.6 Å². The molecule has 3 rings (SSSR count). The Morgan fingerprint density at radius 3 is 2.74 bits per heavy atom. The molecule has 7 heteroatoms. The van der Waals surface area contributed by atoms with E-state index in [1.165, 1.54) is 32.1 Å². The molecule has 2 amide bonds. The van der Waals surface area contributed by atoms with Crippen molar-refractivity contribution in [2.75, 3.05) is 40.4 Å². The van der Waals surface area contributed by atoms with Gasteiger partial charge in [0.25, 0.3) is 0 Å². The smallest absolute Gasteiger partial charge is 0.317 e. The number of carbonyl (C=O) groups excluding carboxylic acids is 1. The summed E-state index contributed by atoms with van der Waals surface area (Å²) in [5.74, 6) is 0.649. The van der Waals surface area contributed by atoms with Gasteiger partial charge < -0.3 is 20.3 Å². The number of nitrogens with one attached hydrogen (secondary N) is 2. The van der Waals surface area contributed by atoms with Crippen LogP contribution in [0.5, 0.6) is 0 Å². The van der Waals surface area contributed by atoms with Crippen LogP contribution in [0.4, 0.5) is 9.18 Å². The van der Waals surface area contributed by atoms with Gasteiger partial charge in [-0.1, -0.05) is 62.3 Å². The van der Waals surface area contributed by atoms with Crippen molar-refractivity contribution >= 4 is 17.6 Å². The first-order chi connectivity index (χ1) is 17.0. The zero-order valence-corrected chi connectivity index (χ0v) is 22.4. The Hall–Kier alpha value is -1.37. The molecule has 2 N–H and O–H groups in total. The van der Waals surface area contributed by atoms with Crippen LogP contribution in [0.1, 0.15) is 82.1 Å². The van der Waals surface area contributed by atoms with Crippen LogP contribution in [0.15, 0.2) is 18.2 Å². The summed E-state index contributed by atoms with van der Waals surface area (Å²) in [7, 11) is 3.66. The number of likely N-dealkylation sites (N-methyl/N-ethyl adjacent to an activating group) is 1. The molecule has 1 aliphatic carbocycles. The van der Waals surface area contributed by atoms with Gasteiger partial charge in [-0.05, 0) is 68.5 Å². The summed E-state index contributed by atoms with van der Waals surface area (Å²) in [6.07, 6.45) is 12.3. The van der Waals surface area contributed by atoms with Crippen LogP contribution in [0.25, 0.3) is 0 Å². The minimum atomic E-state index is -0.311. The highest BCUT2D eigenvalue weighted by Gasteiger charge is 2.32. The first-order valence-corrected chi connectivity index (χ1v) is 14.0. The lowest BCUT2D eigenvalue weighted by Gasteiger charge is -2.38. The quantitative estimate of drug-likeness (QED) is 0.322. The second kappa shape index (κ2) is 15.0. The van der Waals surface area contributed by atoms with E-state index in [0.29, 0.717) is 24.6 Å². The number of methoxy groups -OCH3 is 1. The maximum atomic E-state index is 15.1. The Labute approximate surface area is 216 Å². The van der Waals surface area contributed by atoms with Crippen molar-refractivity contribution < 1.29 is 13.9 Å². The third kappa shape index (κ3) is 8.61. The number of hydrogen-bond donors (Lipinski definition) is 2. The molecule has 3 unspecified atom stereocenters. The predicted octanol–water partition coefficient (Wildman–Crippen LogP) is 6.36. The van der Waals surface area contributed by atoms with E-state index in [1.807, 2.05) is 24.1 Å². The Morgan fingerprint density at radius 1 is 1.20 bits per heavy atom. The highest BCUT2D eigenvalue weighted by atomic mass is 35.5. The van der Waals surface area contributed by atoms with E-state index in [0.717, 1.165) is 51.6 Å². The molecule has 0 aromatic heterocycles. The standard InChI is InChI=1S/C28H45ClFN3O2/c1-31-19-23(18-21-10-4-3-5-11-21)32-28(34)33-16-9-12-22(20-33)24(13-6-7-17-35-2)25-14-8-15-26(29)27(25)30/h8,14-15,21-24,31H,3-7,9-13,16-20H2,1-2H3,(H,32,34). The van der Waals surface area contributed by atoms with Gasteiger partial charge in [0.2, 0.25) is 0 Å². The number of benzene rings is 1. The highest BCUT2D eigenvalue weighted by Crippen LogP contribution is 2.38. The minimum Gasteiger partial charge on any atom is -0.385 e. The maximum Gasteiger partial charge on any atom is 0.317 e. The average molecular weight is 510 g/mol. The fourth-order valence-corrected chi connectivity index (χ4v) is 6.30. The fourth-order valence-electron chi connectivity index (χ4n) is 6.12. The number of hydrogen-bond acceptors (Lipinski definition) is 3. The van der Waals surface area contributed by atoms with Crippen molar-refractivity contribution in [1.29, 1.82) is 0 Å². The van der Waals surface area contributed by atoms with E-state index >= 15 is 4.39 Å². The van der Waals surface area contributed by atoms with Crippen LogP contribution in [0, 0.1) is 17.7 Å². The zero-order chi connectivity index (χ0) is 25.0. The predicted molar refractivity (Wildman–Crippen MR) is 142 cm³/mol. The average Bonchev–Trinajstić information content (AvgIpc) is 2.87. The highest BCUT2D eigenvalue weighted by molar-refractivity contribution is 6.30. The molecule has 0 radical (unpaired) electrons. The van der Waals surface area contributed by atoms with Gasteiger partial charge in [-0.25, -0.2) is 9.18 Å². The summed E-state index contributed by atoms with van der Waals surface area (Å²) >= 11 is 6.15. The number of amides is 2. The number of ether oxygens (including phenoxy) is 1. The molecule has 0 spiro atoms. The van der Waals surface area contributed by atoms with Gasteiger partial charge >= 0.3 is 6.03 Å². The Balaban J connectivity index is 1.66. The second-order valence-corrected chi connectivity index (χ2v) is 10.9. The molecule has 3 atom stereocenters. The van der Waals surface area contributed by atoms with Crippen molar-refractivity contribution in [2.24, 2.45) is 11.8 Å². The molecule has 1 aromatic rings. The van der Waals surface area contributed by atoms with Crippen LogP contribution in [0.2, 0.25) is 5.02 Å². The molecule has 2 aliphatic rings. The van der Waals surface area contributed by atoms with Gasteiger partial charge in [-0.15, -0.1) is 0 Å². The molecular formula is C28H45ClFN3O2. The summed E-state index contributed by atoms with van der Waals surface area (Å²) in [4.78, 5) is 15.3. The molecule has 1 saturated carbocycles. The number of nitrogens with zero attached hydrogens (tertiary/aromatic N) is 1. The molecular weight excluding hydrogens is 465 g/mol. The van der Waals surface area contributed by atoms with Gasteiger partial charge in [0.15, 0.2) is 0 Å². The van der Waals surface area contributed by atoms with Gasteiger partial charge in [0.05, 0.1) is 5.02 Å². The Morgan fingerprint density at radius 2 is 2.00 bits per heavy atom. The third-order valence-corrected chi connectivity index (χ3v) is 8.22. The second-order valence-electron chi connectivity index (χ2n) is 10.5. The van der Waals surface area contributed by atoms with E-state index in [1.54, 1.807) is 13.2 Å². The number of unbranched alkanes of at least 4 members (excludes halogenated alkanes) is 1. The minimum absolute atomic E-state index is 0.0236.